The highest BCUT2D eigenvalue weighted by atomic mass is 31.2. The van der Waals surface area contributed by atoms with Crippen LogP contribution in [-0.4, -0.2) is 42.7 Å². The van der Waals surface area contributed by atoms with Crippen molar-refractivity contribution in [3.63, 3.8) is 0 Å². The number of carbonyl (C=O) groups excluding carboxylic acids is 2. The number of nitrogens with zero attached hydrogens (tertiary/aromatic N) is 2. The molecule has 0 radical (unpaired) electrons. The van der Waals surface area contributed by atoms with Crippen LogP contribution in [0.5, 0.6) is 0 Å². The number of rotatable bonds is 7. The maximum absolute atomic E-state index is 13.9. The number of imide groups is 1. The van der Waals surface area contributed by atoms with Gasteiger partial charge in [0, 0.05) is 12.8 Å². The number of carbonyl (C=O) groups is 2. The van der Waals surface area contributed by atoms with Gasteiger partial charge in [-0.15, -0.1) is 0 Å². The lowest BCUT2D eigenvalue weighted by molar-refractivity contribution is -0.139. The first-order chi connectivity index (χ1) is 12.5. The van der Waals surface area contributed by atoms with Gasteiger partial charge < -0.3 is 9.05 Å². The highest BCUT2D eigenvalue weighted by Crippen LogP contribution is 2.72. The Bertz CT molecular complexity index is 771. The SMILES string of the molecule is CCOP(=O)(OCC)C1(c2ccccc2)N=CC2C(=O)N(CC)C(=O)C21. The number of likely N-dealkylation sites (tertiary alicyclic amines) is 1. The summed E-state index contributed by atoms with van der Waals surface area (Å²) in [4.78, 5) is 31.4. The molecule has 0 spiro atoms. The molecule has 0 bridgehead atoms. The molecule has 140 valence electrons. The van der Waals surface area contributed by atoms with Gasteiger partial charge in [0.2, 0.25) is 11.8 Å². The molecule has 2 aliphatic rings. The Morgan fingerprint density at radius 2 is 1.69 bits per heavy atom. The zero-order valence-corrected chi connectivity index (χ0v) is 16.0. The number of amides is 2. The number of aliphatic imine (C=N–C) groups is 1. The van der Waals surface area contributed by atoms with Crippen molar-refractivity contribution in [2.45, 2.75) is 26.1 Å². The molecule has 0 N–H and O–H groups in total. The van der Waals surface area contributed by atoms with Gasteiger partial charge in [0.25, 0.3) is 0 Å². The van der Waals surface area contributed by atoms with Gasteiger partial charge in [-0.05, 0) is 26.3 Å². The Morgan fingerprint density at radius 3 is 2.23 bits per heavy atom. The number of benzene rings is 1. The molecule has 0 aliphatic carbocycles. The topological polar surface area (TPSA) is 85.3 Å². The predicted molar refractivity (Wildman–Crippen MR) is 96.8 cm³/mol. The summed E-state index contributed by atoms with van der Waals surface area (Å²) in [5.74, 6) is -2.38. The van der Waals surface area contributed by atoms with E-state index in [1.54, 1.807) is 45.0 Å². The fourth-order valence-electron chi connectivity index (χ4n) is 3.82. The van der Waals surface area contributed by atoms with E-state index >= 15 is 0 Å². The maximum Gasteiger partial charge on any atom is 0.363 e. The van der Waals surface area contributed by atoms with Crippen LogP contribution in [0.15, 0.2) is 35.3 Å². The third kappa shape index (κ3) is 2.49. The first-order valence-electron chi connectivity index (χ1n) is 8.82. The molecule has 1 saturated heterocycles. The highest BCUT2D eigenvalue weighted by Gasteiger charge is 2.69. The van der Waals surface area contributed by atoms with Gasteiger partial charge in [-0.3, -0.25) is 24.0 Å². The van der Waals surface area contributed by atoms with E-state index in [0.717, 1.165) is 0 Å². The Kier molecular flexibility index (Phi) is 5.15. The summed E-state index contributed by atoms with van der Waals surface area (Å²) in [7, 11) is -3.89. The minimum absolute atomic E-state index is 0.137. The van der Waals surface area contributed by atoms with Crippen molar-refractivity contribution >= 4 is 25.6 Å². The molecular formula is C18H23N2O5P. The Labute approximate surface area is 152 Å². The largest absolute Gasteiger partial charge is 0.363 e. The second kappa shape index (κ2) is 7.06. The van der Waals surface area contributed by atoms with Crippen LogP contribution in [0.1, 0.15) is 26.3 Å². The van der Waals surface area contributed by atoms with Crippen LogP contribution in [0.25, 0.3) is 0 Å². The summed E-state index contributed by atoms with van der Waals surface area (Å²) in [6.07, 6.45) is 1.44. The summed E-state index contributed by atoms with van der Waals surface area (Å²) in [5.41, 5.74) is 0.549. The Morgan fingerprint density at radius 1 is 1.08 bits per heavy atom. The van der Waals surface area contributed by atoms with E-state index in [9.17, 15) is 14.2 Å². The monoisotopic (exact) mass is 378 g/mol. The quantitative estimate of drug-likeness (QED) is 0.538. The fourth-order valence-corrected chi connectivity index (χ4v) is 6.25. The molecule has 26 heavy (non-hydrogen) atoms. The second-order valence-electron chi connectivity index (χ2n) is 6.13. The Hall–Kier alpha value is -1.82. The van der Waals surface area contributed by atoms with Crippen molar-refractivity contribution in [1.82, 2.24) is 4.90 Å². The fraction of sp³-hybridized carbons (Fsp3) is 0.500. The Balaban J connectivity index is 2.24. The lowest BCUT2D eigenvalue weighted by Crippen LogP contribution is -2.40. The van der Waals surface area contributed by atoms with E-state index in [4.69, 9.17) is 9.05 Å². The van der Waals surface area contributed by atoms with E-state index in [0.29, 0.717) is 5.56 Å². The summed E-state index contributed by atoms with van der Waals surface area (Å²) in [6, 6.07) is 8.87. The summed E-state index contributed by atoms with van der Waals surface area (Å²) >= 11 is 0. The van der Waals surface area contributed by atoms with Crippen molar-refractivity contribution < 1.29 is 23.2 Å². The van der Waals surface area contributed by atoms with E-state index in [1.165, 1.54) is 11.1 Å². The smallest absolute Gasteiger partial charge is 0.307 e. The second-order valence-corrected chi connectivity index (χ2v) is 8.32. The third-order valence-electron chi connectivity index (χ3n) is 4.84. The van der Waals surface area contributed by atoms with Crippen LogP contribution in [0.2, 0.25) is 0 Å². The number of hydrogen-bond acceptors (Lipinski definition) is 6. The van der Waals surface area contributed by atoms with Gasteiger partial charge in [0.05, 0.1) is 25.0 Å². The van der Waals surface area contributed by atoms with Crippen molar-refractivity contribution in [2.24, 2.45) is 16.8 Å². The molecule has 3 unspecified atom stereocenters. The molecule has 1 fully saturated rings. The maximum atomic E-state index is 13.9. The van der Waals surface area contributed by atoms with Crippen LogP contribution < -0.4 is 0 Å². The average Bonchev–Trinajstić information content (AvgIpc) is 3.15. The van der Waals surface area contributed by atoms with Gasteiger partial charge in [0.15, 0.2) is 5.28 Å². The van der Waals surface area contributed by atoms with Gasteiger partial charge in [-0.2, -0.15) is 0 Å². The molecule has 0 saturated carbocycles. The van der Waals surface area contributed by atoms with Gasteiger partial charge in [-0.25, -0.2) is 0 Å². The van der Waals surface area contributed by atoms with E-state index in [-0.39, 0.29) is 31.6 Å². The molecule has 7 nitrogen and oxygen atoms in total. The first-order valence-corrected chi connectivity index (χ1v) is 10.4. The number of hydrogen-bond donors (Lipinski definition) is 0. The molecular weight excluding hydrogens is 355 g/mol. The van der Waals surface area contributed by atoms with E-state index in [1.807, 2.05) is 6.07 Å². The molecule has 2 heterocycles. The van der Waals surface area contributed by atoms with Gasteiger partial charge in [0.1, 0.15) is 0 Å². The van der Waals surface area contributed by atoms with Crippen molar-refractivity contribution in [2.75, 3.05) is 19.8 Å². The van der Waals surface area contributed by atoms with Crippen LogP contribution in [0, 0.1) is 11.8 Å². The van der Waals surface area contributed by atoms with Crippen molar-refractivity contribution in [3.05, 3.63) is 35.9 Å². The average molecular weight is 378 g/mol. The van der Waals surface area contributed by atoms with Crippen LogP contribution >= 0.6 is 7.60 Å². The minimum Gasteiger partial charge on any atom is -0.307 e. The van der Waals surface area contributed by atoms with Crippen molar-refractivity contribution in [1.29, 1.82) is 0 Å². The van der Waals surface area contributed by atoms with Crippen molar-refractivity contribution in [3.8, 4) is 0 Å². The molecule has 1 aromatic carbocycles. The van der Waals surface area contributed by atoms with Gasteiger partial charge in [-0.1, -0.05) is 30.3 Å². The molecule has 2 amide bonds. The summed E-state index contributed by atoms with van der Waals surface area (Å²) in [5, 5.41) is -1.55. The lowest BCUT2D eigenvalue weighted by atomic mass is 9.87. The van der Waals surface area contributed by atoms with Crippen LogP contribution in [-0.2, 0) is 28.5 Å². The molecule has 1 aromatic rings. The number of fused-ring (bicyclic) bond motifs is 1. The normalized spacial score (nSPS) is 28.0. The minimum atomic E-state index is -3.89. The molecule has 2 aliphatic heterocycles. The predicted octanol–water partition coefficient (Wildman–Crippen LogP) is 2.81. The van der Waals surface area contributed by atoms with E-state index < -0.39 is 24.7 Å². The molecule has 8 heteroatoms. The lowest BCUT2D eigenvalue weighted by Gasteiger charge is -2.37. The van der Waals surface area contributed by atoms with Crippen LogP contribution in [0.3, 0.4) is 0 Å². The highest BCUT2D eigenvalue weighted by molar-refractivity contribution is 7.55. The van der Waals surface area contributed by atoms with Crippen LogP contribution in [0.4, 0.5) is 0 Å². The zero-order chi connectivity index (χ0) is 18.9. The van der Waals surface area contributed by atoms with E-state index in [2.05, 4.69) is 4.99 Å². The molecule has 3 rings (SSSR count). The molecule has 0 aromatic heterocycles. The third-order valence-corrected chi connectivity index (χ3v) is 7.52. The zero-order valence-electron chi connectivity index (χ0n) is 15.1. The summed E-state index contributed by atoms with van der Waals surface area (Å²) < 4.78 is 25.1. The van der Waals surface area contributed by atoms with Gasteiger partial charge >= 0.3 is 7.60 Å². The molecule has 3 atom stereocenters. The summed E-state index contributed by atoms with van der Waals surface area (Å²) in [6.45, 7) is 5.69. The standard InChI is InChI=1S/C18H23N2O5P/c1-4-20-16(21)14-12-19-18(15(14)17(20)22,13-10-8-7-9-11-13)26(23,24-5-2)25-6-3/h7-12,14-15H,4-6H2,1-3H3. The first kappa shape index (κ1) is 19.0.